The van der Waals surface area contributed by atoms with Crippen molar-refractivity contribution in [1.82, 2.24) is 0 Å². The van der Waals surface area contributed by atoms with Crippen molar-refractivity contribution in [2.45, 2.75) is 40.2 Å². The van der Waals surface area contributed by atoms with Crippen LogP contribution in [0.25, 0.3) is 0 Å². The highest BCUT2D eigenvalue weighted by molar-refractivity contribution is 5.36. The summed E-state index contributed by atoms with van der Waals surface area (Å²) in [5.41, 5.74) is 2.47. The van der Waals surface area contributed by atoms with Gasteiger partial charge in [0.05, 0.1) is 6.10 Å². The predicted octanol–water partition coefficient (Wildman–Crippen LogP) is 3.48. The number of ether oxygens (including phenoxy) is 1. The van der Waals surface area contributed by atoms with Crippen molar-refractivity contribution < 1.29 is 4.74 Å². The molecule has 1 unspecified atom stereocenters. The van der Waals surface area contributed by atoms with Gasteiger partial charge in [-0.15, -0.1) is 0 Å². The molecule has 0 bridgehead atoms. The van der Waals surface area contributed by atoms with E-state index in [4.69, 9.17) is 4.74 Å². The van der Waals surface area contributed by atoms with Gasteiger partial charge in [-0.25, -0.2) is 0 Å². The van der Waals surface area contributed by atoms with Crippen molar-refractivity contribution in [2.24, 2.45) is 0 Å². The summed E-state index contributed by atoms with van der Waals surface area (Å²) >= 11 is 0. The molecule has 0 N–H and O–H groups in total. The van der Waals surface area contributed by atoms with Gasteiger partial charge in [0.15, 0.2) is 0 Å². The summed E-state index contributed by atoms with van der Waals surface area (Å²) in [6, 6.07) is 6.31. The minimum Gasteiger partial charge on any atom is -0.490 e. The van der Waals surface area contributed by atoms with E-state index in [0.717, 1.165) is 12.2 Å². The Hall–Kier alpha value is -0.980. The molecule has 0 radical (unpaired) electrons. The highest BCUT2D eigenvalue weighted by atomic mass is 16.5. The Bertz CT molecular complexity index is 278. The summed E-state index contributed by atoms with van der Waals surface area (Å²) < 4.78 is 5.78. The third-order valence-electron chi connectivity index (χ3n) is 2.25. The molecule has 0 heterocycles. The molecule has 1 heteroatoms. The lowest BCUT2D eigenvalue weighted by atomic mass is 10.1. The van der Waals surface area contributed by atoms with Crippen LogP contribution >= 0.6 is 0 Å². The number of aryl methyl sites for hydroxylation is 2. The molecule has 0 aliphatic rings. The van der Waals surface area contributed by atoms with Crippen LogP contribution in [0.1, 0.15) is 31.4 Å². The molecule has 0 aliphatic heterocycles. The Morgan fingerprint density at radius 2 is 2.00 bits per heavy atom. The predicted molar refractivity (Wildman–Crippen MR) is 56.3 cm³/mol. The minimum absolute atomic E-state index is 0.306. The van der Waals surface area contributed by atoms with E-state index >= 15 is 0 Å². The Labute approximate surface area is 80.7 Å². The number of hydrogen-bond acceptors (Lipinski definition) is 1. The fourth-order valence-electron chi connectivity index (χ4n) is 1.13. The Kier molecular flexibility index (Phi) is 3.35. The van der Waals surface area contributed by atoms with Gasteiger partial charge in [-0.2, -0.15) is 0 Å². The third kappa shape index (κ3) is 2.76. The summed E-state index contributed by atoms with van der Waals surface area (Å²) in [6.45, 7) is 8.40. The number of benzene rings is 1. The number of rotatable bonds is 3. The zero-order chi connectivity index (χ0) is 9.84. The van der Waals surface area contributed by atoms with E-state index in [1.54, 1.807) is 0 Å². The van der Waals surface area contributed by atoms with Crippen LogP contribution in [0.2, 0.25) is 0 Å². The summed E-state index contributed by atoms with van der Waals surface area (Å²) in [6.07, 6.45) is 1.36. The molecule has 0 amide bonds. The second-order valence-corrected chi connectivity index (χ2v) is 3.61. The first-order valence-electron chi connectivity index (χ1n) is 4.87. The molecule has 1 aromatic carbocycles. The molecule has 0 fully saturated rings. The van der Waals surface area contributed by atoms with Crippen LogP contribution in [-0.4, -0.2) is 6.10 Å². The molecule has 0 spiro atoms. The molecule has 0 saturated carbocycles. The monoisotopic (exact) mass is 178 g/mol. The van der Waals surface area contributed by atoms with Crippen LogP contribution in [0.15, 0.2) is 18.2 Å². The zero-order valence-corrected chi connectivity index (χ0v) is 8.92. The van der Waals surface area contributed by atoms with Crippen molar-refractivity contribution in [3.8, 4) is 5.75 Å². The second-order valence-electron chi connectivity index (χ2n) is 3.61. The van der Waals surface area contributed by atoms with Crippen LogP contribution in [0.4, 0.5) is 0 Å². The molecule has 13 heavy (non-hydrogen) atoms. The smallest absolute Gasteiger partial charge is 0.122 e. The van der Waals surface area contributed by atoms with Crippen LogP contribution in [0.5, 0.6) is 5.75 Å². The maximum Gasteiger partial charge on any atom is 0.122 e. The van der Waals surface area contributed by atoms with Gasteiger partial charge in [0, 0.05) is 0 Å². The van der Waals surface area contributed by atoms with Crippen LogP contribution in [0.3, 0.4) is 0 Å². The van der Waals surface area contributed by atoms with E-state index in [0.29, 0.717) is 6.10 Å². The Morgan fingerprint density at radius 1 is 1.31 bits per heavy atom. The van der Waals surface area contributed by atoms with Gasteiger partial charge in [0.25, 0.3) is 0 Å². The van der Waals surface area contributed by atoms with E-state index in [2.05, 4.69) is 45.9 Å². The second kappa shape index (κ2) is 4.31. The molecule has 0 aromatic heterocycles. The van der Waals surface area contributed by atoms with Gasteiger partial charge >= 0.3 is 0 Å². The van der Waals surface area contributed by atoms with E-state index in [1.165, 1.54) is 11.1 Å². The fourth-order valence-corrected chi connectivity index (χ4v) is 1.13. The minimum atomic E-state index is 0.306. The topological polar surface area (TPSA) is 9.23 Å². The Morgan fingerprint density at radius 3 is 2.62 bits per heavy atom. The maximum absolute atomic E-state index is 5.78. The van der Waals surface area contributed by atoms with Crippen molar-refractivity contribution in [1.29, 1.82) is 0 Å². The molecule has 0 aliphatic carbocycles. The van der Waals surface area contributed by atoms with Crippen molar-refractivity contribution in [2.75, 3.05) is 0 Å². The maximum atomic E-state index is 5.78. The van der Waals surface area contributed by atoms with Gasteiger partial charge in [-0.1, -0.05) is 19.1 Å². The van der Waals surface area contributed by atoms with Crippen LogP contribution < -0.4 is 4.74 Å². The van der Waals surface area contributed by atoms with E-state index in [1.807, 2.05) is 0 Å². The van der Waals surface area contributed by atoms with E-state index < -0.39 is 0 Å². The Balaban J connectivity index is 2.81. The lowest BCUT2D eigenvalue weighted by Gasteiger charge is -2.14. The average molecular weight is 178 g/mol. The van der Waals surface area contributed by atoms with Gasteiger partial charge in [0.1, 0.15) is 5.75 Å². The summed E-state index contributed by atoms with van der Waals surface area (Å²) in [7, 11) is 0. The van der Waals surface area contributed by atoms with Crippen molar-refractivity contribution >= 4 is 0 Å². The molecule has 0 saturated heterocycles. The average Bonchev–Trinajstić information content (AvgIpc) is 2.11. The van der Waals surface area contributed by atoms with E-state index in [-0.39, 0.29) is 0 Å². The largest absolute Gasteiger partial charge is 0.490 e. The van der Waals surface area contributed by atoms with Crippen molar-refractivity contribution in [3.05, 3.63) is 29.3 Å². The first kappa shape index (κ1) is 10.1. The molecule has 1 aromatic rings. The van der Waals surface area contributed by atoms with Gasteiger partial charge in [-0.05, 0) is 44.4 Å². The fraction of sp³-hybridized carbons (Fsp3) is 0.500. The molecule has 1 rings (SSSR count). The van der Waals surface area contributed by atoms with Crippen LogP contribution in [-0.2, 0) is 0 Å². The summed E-state index contributed by atoms with van der Waals surface area (Å²) in [5.74, 6) is 1.02. The van der Waals surface area contributed by atoms with E-state index in [9.17, 15) is 0 Å². The summed E-state index contributed by atoms with van der Waals surface area (Å²) in [4.78, 5) is 0. The molecule has 72 valence electrons. The highest BCUT2D eigenvalue weighted by Crippen LogP contribution is 2.20. The normalized spacial score (nSPS) is 12.6. The molecule has 1 atom stereocenters. The third-order valence-corrected chi connectivity index (χ3v) is 2.25. The first-order chi connectivity index (χ1) is 6.13. The highest BCUT2D eigenvalue weighted by Gasteiger charge is 2.03. The molecular weight excluding hydrogens is 160 g/mol. The molecular formula is C12H18O. The standard InChI is InChI=1S/C12H18O/c1-5-11(4)13-12-8-9(2)6-7-10(12)3/h6-8,11H,5H2,1-4H3. The zero-order valence-electron chi connectivity index (χ0n) is 8.92. The van der Waals surface area contributed by atoms with Gasteiger partial charge in [-0.3, -0.25) is 0 Å². The number of hydrogen-bond donors (Lipinski definition) is 0. The quantitative estimate of drug-likeness (QED) is 0.688. The van der Waals surface area contributed by atoms with Crippen LogP contribution in [0, 0.1) is 13.8 Å². The van der Waals surface area contributed by atoms with Crippen molar-refractivity contribution in [3.63, 3.8) is 0 Å². The lowest BCUT2D eigenvalue weighted by Crippen LogP contribution is -2.10. The van der Waals surface area contributed by atoms with Gasteiger partial charge in [0.2, 0.25) is 0 Å². The summed E-state index contributed by atoms with van der Waals surface area (Å²) in [5, 5.41) is 0. The molecule has 1 nitrogen and oxygen atoms in total. The SMILES string of the molecule is CCC(C)Oc1cc(C)ccc1C. The first-order valence-corrected chi connectivity index (χ1v) is 4.87. The van der Waals surface area contributed by atoms with Gasteiger partial charge < -0.3 is 4.74 Å². The lowest BCUT2D eigenvalue weighted by molar-refractivity contribution is 0.216.